The molecule has 1 heterocycles. The van der Waals surface area contributed by atoms with Crippen LogP contribution in [0.2, 0.25) is 0 Å². The molecule has 14 heavy (non-hydrogen) atoms. The third-order valence-electron chi connectivity index (χ3n) is 3.27. The van der Waals surface area contributed by atoms with Crippen molar-refractivity contribution in [1.29, 1.82) is 0 Å². The maximum absolute atomic E-state index is 10.2. The summed E-state index contributed by atoms with van der Waals surface area (Å²) in [5.74, 6) is 0. The fourth-order valence-corrected chi connectivity index (χ4v) is 2.36. The zero-order chi connectivity index (χ0) is 10.0. The predicted molar refractivity (Wildman–Crippen MR) is 54.0 cm³/mol. The Morgan fingerprint density at radius 2 is 2.21 bits per heavy atom. The summed E-state index contributed by atoms with van der Waals surface area (Å²) in [6.07, 6.45) is 5.49. The number of nitrogens with one attached hydrogen (secondary N) is 1. The summed E-state index contributed by atoms with van der Waals surface area (Å²) in [4.78, 5) is 3.04. The number of rotatable bonds is 3. The van der Waals surface area contributed by atoms with E-state index in [-0.39, 0.29) is 5.60 Å². The molecule has 0 bridgehead atoms. The molecule has 1 unspecified atom stereocenters. The lowest BCUT2D eigenvalue weighted by Crippen LogP contribution is -2.35. The second-order valence-electron chi connectivity index (χ2n) is 4.00. The van der Waals surface area contributed by atoms with Gasteiger partial charge in [0.25, 0.3) is 0 Å². The second kappa shape index (κ2) is 3.75. The fourth-order valence-electron chi connectivity index (χ4n) is 2.36. The molecule has 0 spiro atoms. The lowest BCUT2D eigenvalue weighted by molar-refractivity contribution is -0.101. The van der Waals surface area contributed by atoms with Crippen LogP contribution >= 0.6 is 0 Å². The molecule has 1 aliphatic carbocycles. The predicted octanol–water partition coefficient (Wildman–Crippen LogP) is 2.01. The van der Waals surface area contributed by atoms with E-state index >= 15 is 0 Å². The maximum Gasteiger partial charge on any atom is 0.123 e. The SMILES string of the molecule is COC1(C(O)c2ccc[nH]2)CCCC1. The number of hydrogen-bond acceptors (Lipinski definition) is 2. The van der Waals surface area contributed by atoms with Crippen LogP contribution in [0.4, 0.5) is 0 Å². The monoisotopic (exact) mass is 195 g/mol. The molecule has 0 radical (unpaired) electrons. The summed E-state index contributed by atoms with van der Waals surface area (Å²) in [6, 6.07) is 3.81. The van der Waals surface area contributed by atoms with Gasteiger partial charge in [0.1, 0.15) is 6.10 Å². The normalized spacial score (nSPS) is 22.4. The molecule has 1 aliphatic rings. The Bertz CT molecular complexity index is 275. The van der Waals surface area contributed by atoms with Crippen LogP contribution in [0.3, 0.4) is 0 Å². The van der Waals surface area contributed by atoms with Crippen LogP contribution in [0.1, 0.15) is 37.5 Å². The van der Waals surface area contributed by atoms with E-state index in [4.69, 9.17) is 4.74 Å². The summed E-state index contributed by atoms with van der Waals surface area (Å²) in [6.45, 7) is 0. The summed E-state index contributed by atoms with van der Waals surface area (Å²) in [5.41, 5.74) is 0.499. The first-order valence-electron chi connectivity index (χ1n) is 5.15. The van der Waals surface area contributed by atoms with E-state index < -0.39 is 6.10 Å². The average Bonchev–Trinajstić information content (AvgIpc) is 2.89. The van der Waals surface area contributed by atoms with E-state index in [0.29, 0.717) is 0 Å². The van der Waals surface area contributed by atoms with Crippen molar-refractivity contribution in [2.24, 2.45) is 0 Å². The highest BCUT2D eigenvalue weighted by molar-refractivity contribution is 5.13. The molecule has 3 heteroatoms. The van der Waals surface area contributed by atoms with Crippen molar-refractivity contribution in [2.45, 2.75) is 37.4 Å². The van der Waals surface area contributed by atoms with Crippen molar-refractivity contribution in [1.82, 2.24) is 4.98 Å². The van der Waals surface area contributed by atoms with Gasteiger partial charge < -0.3 is 14.8 Å². The highest BCUT2D eigenvalue weighted by Gasteiger charge is 2.41. The Morgan fingerprint density at radius 3 is 2.71 bits per heavy atom. The molecule has 1 aromatic heterocycles. The molecule has 1 atom stereocenters. The molecule has 2 N–H and O–H groups in total. The molecule has 1 saturated carbocycles. The number of aliphatic hydroxyl groups is 1. The Hall–Kier alpha value is -0.800. The van der Waals surface area contributed by atoms with Crippen molar-refractivity contribution in [3.63, 3.8) is 0 Å². The average molecular weight is 195 g/mol. The molecule has 2 rings (SSSR count). The number of H-pyrrole nitrogens is 1. The van der Waals surface area contributed by atoms with Crippen molar-refractivity contribution in [2.75, 3.05) is 7.11 Å². The van der Waals surface area contributed by atoms with E-state index in [9.17, 15) is 5.11 Å². The standard InChI is InChI=1S/C11H17NO2/c1-14-11(6-2-3-7-11)10(13)9-5-4-8-12-9/h4-5,8,10,12-13H,2-3,6-7H2,1H3. The fraction of sp³-hybridized carbons (Fsp3) is 0.636. The number of aromatic nitrogens is 1. The highest BCUT2D eigenvalue weighted by Crippen LogP contribution is 2.41. The zero-order valence-corrected chi connectivity index (χ0v) is 8.49. The van der Waals surface area contributed by atoms with Crippen molar-refractivity contribution in [3.8, 4) is 0 Å². The molecular weight excluding hydrogens is 178 g/mol. The summed E-state index contributed by atoms with van der Waals surface area (Å²) in [7, 11) is 1.69. The molecule has 0 saturated heterocycles. The van der Waals surface area contributed by atoms with Gasteiger partial charge in [0.2, 0.25) is 0 Å². The molecule has 78 valence electrons. The Morgan fingerprint density at radius 1 is 1.50 bits per heavy atom. The molecule has 3 nitrogen and oxygen atoms in total. The van der Waals surface area contributed by atoms with Gasteiger partial charge in [-0.25, -0.2) is 0 Å². The summed E-state index contributed by atoms with van der Waals surface area (Å²) >= 11 is 0. The van der Waals surface area contributed by atoms with Gasteiger partial charge in [0.05, 0.1) is 5.60 Å². The van der Waals surface area contributed by atoms with Crippen LogP contribution in [-0.2, 0) is 4.74 Å². The van der Waals surface area contributed by atoms with E-state index in [1.165, 1.54) is 0 Å². The lowest BCUT2D eigenvalue weighted by atomic mass is 9.92. The summed E-state index contributed by atoms with van der Waals surface area (Å²) < 4.78 is 5.51. The van der Waals surface area contributed by atoms with Gasteiger partial charge in [-0.2, -0.15) is 0 Å². The van der Waals surface area contributed by atoms with Crippen LogP contribution in [-0.4, -0.2) is 22.8 Å². The molecule has 0 aliphatic heterocycles. The number of ether oxygens (including phenoxy) is 1. The van der Waals surface area contributed by atoms with E-state index in [1.54, 1.807) is 7.11 Å². The van der Waals surface area contributed by atoms with Gasteiger partial charge in [-0.05, 0) is 25.0 Å². The van der Waals surface area contributed by atoms with Crippen LogP contribution in [0, 0.1) is 0 Å². The van der Waals surface area contributed by atoms with E-state index in [0.717, 1.165) is 31.4 Å². The van der Waals surface area contributed by atoms with E-state index in [2.05, 4.69) is 4.98 Å². The van der Waals surface area contributed by atoms with Crippen LogP contribution in [0.25, 0.3) is 0 Å². The maximum atomic E-state index is 10.2. The van der Waals surface area contributed by atoms with Crippen LogP contribution in [0.5, 0.6) is 0 Å². The van der Waals surface area contributed by atoms with Gasteiger partial charge in [-0.1, -0.05) is 12.8 Å². The van der Waals surface area contributed by atoms with Crippen LogP contribution < -0.4 is 0 Å². The molecule has 1 aromatic rings. The lowest BCUT2D eigenvalue weighted by Gasteiger charge is -2.32. The zero-order valence-electron chi connectivity index (χ0n) is 8.49. The minimum Gasteiger partial charge on any atom is -0.384 e. The third-order valence-corrected chi connectivity index (χ3v) is 3.27. The smallest absolute Gasteiger partial charge is 0.123 e. The first kappa shape index (κ1) is 9.74. The third kappa shape index (κ3) is 1.47. The quantitative estimate of drug-likeness (QED) is 0.775. The number of aromatic amines is 1. The number of methoxy groups -OCH3 is 1. The van der Waals surface area contributed by atoms with Crippen molar-refractivity contribution in [3.05, 3.63) is 24.0 Å². The molecule has 0 amide bonds. The highest BCUT2D eigenvalue weighted by atomic mass is 16.5. The molecule has 0 aromatic carbocycles. The molecular formula is C11H17NO2. The van der Waals surface area contributed by atoms with Gasteiger partial charge in [0, 0.05) is 19.0 Å². The van der Waals surface area contributed by atoms with Crippen molar-refractivity contribution >= 4 is 0 Å². The van der Waals surface area contributed by atoms with E-state index in [1.807, 2.05) is 18.3 Å². The Balaban J connectivity index is 2.19. The number of aliphatic hydroxyl groups excluding tert-OH is 1. The first-order valence-corrected chi connectivity index (χ1v) is 5.15. The van der Waals surface area contributed by atoms with Crippen LogP contribution in [0.15, 0.2) is 18.3 Å². The first-order chi connectivity index (χ1) is 6.78. The molecule has 1 fully saturated rings. The summed E-state index contributed by atoms with van der Waals surface area (Å²) in [5, 5.41) is 10.2. The van der Waals surface area contributed by atoms with Gasteiger partial charge in [-0.15, -0.1) is 0 Å². The minimum atomic E-state index is -0.523. The Labute approximate surface area is 84.1 Å². The second-order valence-corrected chi connectivity index (χ2v) is 4.00. The largest absolute Gasteiger partial charge is 0.384 e. The van der Waals surface area contributed by atoms with Crippen molar-refractivity contribution < 1.29 is 9.84 Å². The topological polar surface area (TPSA) is 45.2 Å². The minimum absolute atomic E-state index is 0.356. The Kier molecular flexibility index (Phi) is 2.61. The van der Waals surface area contributed by atoms with Gasteiger partial charge in [-0.3, -0.25) is 0 Å². The number of hydrogen-bond donors (Lipinski definition) is 2. The van der Waals surface area contributed by atoms with Gasteiger partial charge in [0.15, 0.2) is 0 Å². The van der Waals surface area contributed by atoms with Gasteiger partial charge >= 0.3 is 0 Å².